The van der Waals surface area contributed by atoms with E-state index < -0.39 is 0 Å². The van der Waals surface area contributed by atoms with Gasteiger partial charge in [-0.05, 0) is 37.3 Å². The second-order valence-corrected chi connectivity index (χ2v) is 5.68. The number of nitrogens with zero attached hydrogens (tertiary/aromatic N) is 3. The predicted molar refractivity (Wildman–Crippen MR) is 98.7 cm³/mol. The van der Waals surface area contributed by atoms with Crippen LogP contribution in [0.25, 0.3) is 11.3 Å². The molecule has 2 heterocycles. The molecule has 3 rings (SSSR count). The lowest BCUT2D eigenvalue weighted by molar-refractivity contribution is 0.102. The molecule has 0 aliphatic rings. The largest absolute Gasteiger partial charge is 0.496 e. The number of anilines is 1. The van der Waals surface area contributed by atoms with Crippen molar-refractivity contribution in [3.8, 4) is 22.9 Å². The summed E-state index contributed by atoms with van der Waals surface area (Å²) in [5.74, 6) is 0.879. The number of rotatable bonds is 5. The summed E-state index contributed by atoms with van der Waals surface area (Å²) in [5.41, 5.74) is 3.19. The van der Waals surface area contributed by atoms with Gasteiger partial charge in [-0.25, -0.2) is 4.68 Å². The lowest BCUT2D eigenvalue weighted by Gasteiger charge is -2.11. The number of carbonyl (C=O) groups is 1. The molecule has 0 radical (unpaired) electrons. The van der Waals surface area contributed by atoms with Crippen LogP contribution in [0.3, 0.4) is 0 Å². The summed E-state index contributed by atoms with van der Waals surface area (Å²) in [5, 5.41) is 7.14. The molecule has 0 aliphatic heterocycles. The van der Waals surface area contributed by atoms with Crippen molar-refractivity contribution in [2.45, 2.75) is 6.92 Å². The van der Waals surface area contributed by atoms with Gasteiger partial charge >= 0.3 is 0 Å². The molecular formula is C19H20N4O3. The average Bonchev–Trinajstić information content (AvgIpc) is 2.94. The number of benzene rings is 1. The maximum absolute atomic E-state index is 12.8. The summed E-state index contributed by atoms with van der Waals surface area (Å²) in [4.78, 5) is 17.1. The Morgan fingerprint density at radius 2 is 1.96 bits per heavy atom. The topological polar surface area (TPSA) is 78.3 Å². The first-order valence-electron chi connectivity index (χ1n) is 8.03. The van der Waals surface area contributed by atoms with E-state index in [4.69, 9.17) is 9.47 Å². The maximum atomic E-state index is 12.8. The minimum atomic E-state index is -0.265. The van der Waals surface area contributed by atoms with Crippen LogP contribution in [-0.4, -0.2) is 34.9 Å². The Bertz CT molecular complexity index is 935. The number of aromatic nitrogens is 3. The van der Waals surface area contributed by atoms with Gasteiger partial charge in [0.05, 0.1) is 25.6 Å². The van der Waals surface area contributed by atoms with Gasteiger partial charge in [0.25, 0.3) is 5.91 Å². The molecule has 2 aromatic heterocycles. The van der Waals surface area contributed by atoms with Gasteiger partial charge in [0.1, 0.15) is 11.4 Å². The third-order valence-corrected chi connectivity index (χ3v) is 4.00. The highest BCUT2D eigenvalue weighted by molar-refractivity contribution is 6.06. The van der Waals surface area contributed by atoms with Crippen molar-refractivity contribution in [3.63, 3.8) is 0 Å². The molecule has 0 fully saturated rings. The van der Waals surface area contributed by atoms with Crippen LogP contribution in [0.15, 0.2) is 42.6 Å². The quantitative estimate of drug-likeness (QED) is 0.763. The number of hydrogen-bond donors (Lipinski definition) is 1. The van der Waals surface area contributed by atoms with Crippen LogP contribution < -0.4 is 14.8 Å². The number of aryl methyl sites for hydroxylation is 2. The van der Waals surface area contributed by atoms with Crippen LogP contribution in [0.1, 0.15) is 16.1 Å². The molecule has 1 N–H and O–H groups in total. The number of amides is 1. The zero-order chi connectivity index (χ0) is 18.7. The SMILES string of the molecule is COc1ccc(C(=O)Nc2c(C)nn(C)c2OC)cc1-c1ccccn1. The van der Waals surface area contributed by atoms with E-state index in [-0.39, 0.29) is 5.91 Å². The van der Waals surface area contributed by atoms with Crippen LogP contribution in [0.2, 0.25) is 0 Å². The second-order valence-electron chi connectivity index (χ2n) is 5.68. The first-order valence-corrected chi connectivity index (χ1v) is 8.03. The van der Waals surface area contributed by atoms with Crippen molar-refractivity contribution < 1.29 is 14.3 Å². The average molecular weight is 352 g/mol. The highest BCUT2D eigenvalue weighted by Crippen LogP contribution is 2.31. The smallest absolute Gasteiger partial charge is 0.255 e. The summed E-state index contributed by atoms with van der Waals surface area (Å²) in [6, 6.07) is 10.8. The van der Waals surface area contributed by atoms with Gasteiger partial charge in [-0.3, -0.25) is 9.78 Å². The van der Waals surface area contributed by atoms with Gasteiger partial charge in [-0.2, -0.15) is 5.10 Å². The Kier molecular flexibility index (Phi) is 4.88. The molecule has 1 amide bonds. The Labute approximate surface area is 151 Å². The van der Waals surface area contributed by atoms with Crippen LogP contribution in [0, 0.1) is 6.92 Å². The van der Waals surface area contributed by atoms with Crippen LogP contribution in [0.5, 0.6) is 11.6 Å². The van der Waals surface area contributed by atoms with E-state index in [1.54, 1.807) is 50.3 Å². The molecule has 0 saturated heterocycles. The maximum Gasteiger partial charge on any atom is 0.255 e. The number of methoxy groups -OCH3 is 2. The number of hydrogen-bond acceptors (Lipinski definition) is 5. The van der Waals surface area contributed by atoms with Crippen molar-refractivity contribution in [1.82, 2.24) is 14.8 Å². The Morgan fingerprint density at radius 1 is 1.15 bits per heavy atom. The van der Waals surface area contributed by atoms with Crippen LogP contribution in [-0.2, 0) is 7.05 Å². The molecule has 26 heavy (non-hydrogen) atoms. The van der Waals surface area contributed by atoms with E-state index in [2.05, 4.69) is 15.4 Å². The minimum Gasteiger partial charge on any atom is -0.496 e. The molecular weight excluding hydrogens is 332 g/mol. The van der Waals surface area contributed by atoms with Gasteiger partial charge < -0.3 is 14.8 Å². The molecule has 0 bridgehead atoms. The van der Waals surface area contributed by atoms with Crippen molar-refractivity contribution in [2.24, 2.45) is 7.05 Å². The monoisotopic (exact) mass is 352 g/mol. The third-order valence-electron chi connectivity index (χ3n) is 4.00. The number of pyridine rings is 1. The molecule has 7 nitrogen and oxygen atoms in total. The minimum absolute atomic E-state index is 0.265. The molecule has 0 aliphatic carbocycles. The van der Waals surface area contributed by atoms with E-state index in [0.717, 1.165) is 11.3 Å². The van der Waals surface area contributed by atoms with Crippen molar-refractivity contribution in [1.29, 1.82) is 0 Å². The van der Waals surface area contributed by atoms with E-state index in [1.807, 2.05) is 25.1 Å². The summed E-state index contributed by atoms with van der Waals surface area (Å²) in [6.45, 7) is 1.81. The fourth-order valence-corrected chi connectivity index (χ4v) is 2.77. The molecule has 0 unspecified atom stereocenters. The Balaban J connectivity index is 1.96. The van der Waals surface area contributed by atoms with Gasteiger partial charge in [-0.15, -0.1) is 0 Å². The van der Waals surface area contributed by atoms with Gasteiger partial charge in [0.15, 0.2) is 0 Å². The Hall–Kier alpha value is -3.35. The fourth-order valence-electron chi connectivity index (χ4n) is 2.77. The molecule has 0 atom stereocenters. The number of nitrogens with one attached hydrogen (secondary N) is 1. The van der Waals surface area contributed by atoms with Crippen molar-refractivity contribution in [3.05, 3.63) is 53.9 Å². The fraction of sp³-hybridized carbons (Fsp3) is 0.211. The zero-order valence-electron chi connectivity index (χ0n) is 15.1. The van der Waals surface area contributed by atoms with Gasteiger partial charge in [0.2, 0.25) is 5.88 Å². The van der Waals surface area contributed by atoms with E-state index in [0.29, 0.717) is 28.6 Å². The lowest BCUT2D eigenvalue weighted by atomic mass is 10.1. The van der Waals surface area contributed by atoms with Crippen molar-refractivity contribution in [2.75, 3.05) is 19.5 Å². The van der Waals surface area contributed by atoms with E-state index in [1.165, 1.54) is 0 Å². The standard InChI is InChI=1S/C19H20N4O3/c1-12-17(19(26-4)23(2)22-12)21-18(24)13-8-9-16(25-3)14(11-13)15-7-5-6-10-20-15/h5-11H,1-4H3,(H,21,24). The second kappa shape index (κ2) is 7.26. The number of carbonyl (C=O) groups excluding carboxylic acids is 1. The summed E-state index contributed by atoms with van der Waals surface area (Å²) in [6.07, 6.45) is 1.70. The first kappa shape index (κ1) is 17.5. The van der Waals surface area contributed by atoms with Crippen LogP contribution >= 0.6 is 0 Å². The van der Waals surface area contributed by atoms with Gasteiger partial charge in [0, 0.05) is 24.4 Å². The molecule has 0 spiro atoms. The number of ether oxygens (including phenoxy) is 2. The Morgan fingerprint density at radius 3 is 2.62 bits per heavy atom. The lowest BCUT2D eigenvalue weighted by Crippen LogP contribution is -2.13. The summed E-state index contributed by atoms with van der Waals surface area (Å²) in [7, 11) is 4.89. The molecule has 7 heteroatoms. The van der Waals surface area contributed by atoms with Gasteiger partial charge in [-0.1, -0.05) is 6.07 Å². The van der Waals surface area contributed by atoms with Crippen molar-refractivity contribution >= 4 is 11.6 Å². The first-order chi connectivity index (χ1) is 12.5. The predicted octanol–water partition coefficient (Wildman–Crippen LogP) is 3.06. The molecule has 134 valence electrons. The molecule has 0 saturated carbocycles. The highest BCUT2D eigenvalue weighted by Gasteiger charge is 2.18. The molecule has 3 aromatic rings. The normalized spacial score (nSPS) is 10.5. The summed E-state index contributed by atoms with van der Waals surface area (Å²) >= 11 is 0. The summed E-state index contributed by atoms with van der Waals surface area (Å²) < 4.78 is 12.3. The molecule has 1 aromatic carbocycles. The third kappa shape index (κ3) is 3.23. The van der Waals surface area contributed by atoms with Crippen LogP contribution in [0.4, 0.5) is 5.69 Å². The van der Waals surface area contributed by atoms with E-state index in [9.17, 15) is 4.79 Å². The highest BCUT2D eigenvalue weighted by atomic mass is 16.5. The zero-order valence-corrected chi connectivity index (χ0v) is 15.1. The van der Waals surface area contributed by atoms with E-state index >= 15 is 0 Å².